The summed E-state index contributed by atoms with van der Waals surface area (Å²) in [6, 6.07) is 6.76. The third-order valence-electron chi connectivity index (χ3n) is 4.04. The van der Waals surface area contributed by atoms with Gasteiger partial charge in [0.1, 0.15) is 6.07 Å². The van der Waals surface area contributed by atoms with Crippen molar-refractivity contribution in [1.29, 1.82) is 5.26 Å². The Morgan fingerprint density at radius 3 is 2.83 bits per heavy atom. The zero-order valence-corrected chi connectivity index (χ0v) is 14.6. The van der Waals surface area contributed by atoms with E-state index in [0.29, 0.717) is 22.8 Å². The highest BCUT2D eigenvalue weighted by Crippen LogP contribution is 2.21. The third kappa shape index (κ3) is 4.70. The summed E-state index contributed by atoms with van der Waals surface area (Å²) < 4.78 is 0. The van der Waals surface area contributed by atoms with E-state index in [4.69, 9.17) is 16.9 Å². The molecule has 0 radical (unpaired) electrons. The number of nitriles is 1. The minimum atomic E-state index is -0.159. The van der Waals surface area contributed by atoms with Gasteiger partial charge in [0, 0.05) is 26.3 Å². The maximum Gasteiger partial charge on any atom is 0.238 e. The van der Waals surface area contributed by atoms with Gasteiger partial charge < -0.3 is 10.2 Å². The van der Waals surface area contributed by atoms with Crippen LogP contribution in [0.25, 0.3) is 0 Å². The second-order valence-electron chi connectivity index (χ2n) is 6.16. The van der Waals surface area contributed by atoms with Crippen LogP contribution in [0.5, 0.6) is 0 Å². The highest BCUT2D eigenvalue weighted by molar-refractivity contribution is 6.32. The van der Waals surface area contributed by atoms with Crippen LogP contribution in [0, 0.1) is 17.2 Å². The molecule has 1 heterocycles. The summed E-state index contributed by atoms with van der Waals surface area (Å²) in [7, 11) is 3.51. The molecule has 2 rings (SSSR count). The molecule has 0 aromatic heterocycles. The minimum Gasteiger partial charge on any atom is -0.349 e. The van der Waals surface area contributed by atoms with Gasteiger partial charge in [-0.25, -0.2) is 0 Å². The Morgan fingerprint density at radius 2 is 2.21 bits per heavy atom. The van der Waals surface area contributed by atoms with Crippen LogP contribution in [0.1, 0.15) is 18.4 Å². The van der Waals surface area contributed by atoms with Crippen LogP contribution in [-0.4, -0.2) is 55.3 Å². The summed E-state index contributed by atoms with van der Waals surface area (Å²) in [4.78, 5) is 27.9. The number of amides is 2. The van der Waals surface area contributed by atoms with Crippen molar-refractivity contribution in [2.75, 3.05) is 39.0 Å². The monoisotopic (exact) mass is 348 g/mol. The number of rotatable bonds is 4. The summed E-state index contributed by atoms with van der Waals surface area (Å²) >= 11 is 5.96. The fourth-order valence-electron chi connectivity index (χ4n) is 2.85. The summed E-state index contributed by atoms with van der Waals surface area (Å²) in [5, 5.41) is 11.9. The van der Waals surface area contributed by atoms with E-state index in [1.807, 2.05) is 11.0 Å². The lowest BCUT2D eigenvalue weighted by Gasteiger charge is -2.32. The molecule has 2 amide bonds. The predicted octanol–water partition coefficient (Wildman–Crippen LogP) is 1.95. The maximum absolute atomic E-state index is 12.2. The van der Waals surface area contributed by atoms with E-state index in [9.17, 15) is 9.59 Å². The molecule has 128 valence electrons. The van der Waals surface area contributed by atoms with Crippen LogP contribution >= 0.6 is 11.6 Å². The first-order valence-corrected chi connectivity index (χ1v) is 8.21. The Hall–Kier alpha value is -2.10. The average Bonchev–Trinajstić information content (AvgIpc) is 2.54. The molecule has 0 aliphatic carbocycles. The zero-order valence-electron chi connectivity index (χ0n) is 13.9. The molecule has 1 saturated heterocycles. The Balaban J connectivity index is 1.91. The lowest BCUT2D eigenvalue weighted by molar-refractivity contribution is -0.135. The van der Waals surface area contributed by atoms with Gasteiger partial charge >= 0.3 is 0 Å². The first-order valence-electron chi connectivity index (χ1n) is 7.83. The van der Waals surface area contributed by atoms with Gasteiger partial charge in [0.05, 0.1) is 23.0 Å². The van der Waals surface area contributed by atoms with Crippen molar-refractivity contribution < 1.29 is 9.59 Å². The highest BCUT2D eigenvalue weighted by Gasteiger charge is 2.27. The van der Waals surface area contributed by atoms with Crippen LogP contribution in [0.15, 0.2) is 18.2 Å². The van der Waals surface area contributed by atoms with E-state index in [1.165, 1.54) is 0 Å². The Kier molecular flexibility index (Phi) is 6.18. The normalized spacial score (nSPS) is 17.8. The molecule has 0 bridgehead atoms. The summed E-state index contributed by atoms with van der Waals surface area (Å²) in [5.74, 6) is -0.0985. The predicted molar refractivity (Wildman–Crippen MR) is 92.7 cm³/mol. The van der Waals surface area contributed by atoms with Crippen molar-refractivity contribution >= 4 is 29.1 Å². The molecule has 0 spiro atoms. The second kappa shape index (κ2) is 8.13. The third-order valence-corrected chi connectivity index (χ3v) is 4.35. The number of likely N-dealkylation sites (tertiary alicyclic amines) is 1. The van der Waals surface area contributed by atoms with Crippen molar-refractivity contribution in [3.8, 4) is 6.07 Å². The van der Waals surface area contributed by atoms with Crippen molar-refractivity contribution in [1.82, 2.24) is 9.80 Å². The van der Waals surface area contributed by atoms with Crippen molar-refractivity contribution in [3.63, 3.8) is 0 Å². The van der Waals surface area contributed by atoms with Crippen LogP contribution < -0.4 is 5.32 Å². The second-order valence-corrected chi connectivity index (χ2v) is 6.57. The molecule has 7 heteroatoms. The quantitative estimate of drug-likeness (QED) is 0.902. The number of nitrogens with one attached hydrogen (secondary N) is 1. The van der Waals surface area contributed by atoms with Crippen molar-refractivity contribution in [2.45, 2.75) is 12.8 Å². The molecule has 1 unspecified atom stereocenters. The Bertz CT molecular complexity index is 669. The Morgan fingerprint density at radius 1 is 1.46 bits per heavy atom. The summed E-state index contributed by atoms with van der Waals surface area (Å²) in [5.41, 5.74) is 0.928. The molecule has 6 nitrogen and oxygen atoms in total. The van der Waals surface area contributed by atoms with E-state index in [-0.39, 0.29) is 24.3 Å². The first-order chi connectivity index (χ1) is 11.4. The van der Waals surface area contributed by atoms with E-state index in [0.717, 1.165) is 19.4 Å². The van der Waals surface area contributed by atoms with Gasteiger partial charge in [-0.3, -0.25) is 14.5 Å². The molecule has 0 saturated carbocycles. The number of carbonyl (C=O) groups is 2. The molecular formula is C17H21ClN4O2. The minimum absolute atomic E-state index is 0.0501. The lowest BCUT2D eigenvalue weighted by atomic mass is 9.97. The van der Waals surface area contributed by atoms with E-state index in [1.54, 1.807) is 37.2 Å². The van der Waals surface area contributed by atoms with E-state index < -0.39 is 0 Å². The number of halogens is 1. The molecule has 1 aliphatic rings. The molecule has 1 atom stereocenters. The average molecular weight is 349 g/mol. The van der Waals surface area contributed by atoms with Gasteiger partial charge in [-0.05, 0) is 37.6 Å². The number of anilines is 1. The van der Waals surface area contributed by atoms with Crippen LogP contribution in [-0.2, 0) is 9.59 Å². The lowest BCUT2D eigenvalue weighted by Crippen LogP contribution is -2.45. The number of piperidine rings is 1. The maximum atomic E-state index is 12.2. The largest absolute Gasteiger partial charge is 0.349 e. The summed E-state index contributed by atoms with van der Waals surface area (Å²) in [6.45, 7) is 1.63. The van der Waals surface area contributed by atoms with Crippen LogP contribution in [0.4, 0.5) is 5.69 Å². The number of carbonyl (C=O) groups excluding carboxylic acids is 2. The SMILES string of the molecule is CN(C)C(=O)C1CCCN(CC(=O)Nc2ccc(C#N)c(Cl)c2)C1. The van der Waals surface area contributed by atoms with Crippen LogP contribution in [0.3, 0.4) is 0 Å². The molecule has 1 aromatic rings. The number of hydrogen-bond donors (Lipinski definition) is 1. The number of hydrogen-bond acceptors (Lipinski definition) is 4. The molecule has 1 N–H and O–H groups in total. The fourth-order valence-corrected chi connectivity index (χ4v) is 3.08. The van der Waals surface area contributed by atoms with Gasteiger partial charge in [-0.2, -0.15) is 5.26 Å². The van der Waals surface area contributed by atoms with Gasteiger partial charge in [0.15, 0.2) is 0 Å². The molecule has 1 aliphatic heterocycles. The first kappa shape index (κ1) is 18.2. The standard InChI is InChI=1S/C17H21ClN4O2/c1-21(2)17(24)13-4-3-7-22(10-13)11-16(23)20-14-6-5-12(9-19)15(18)8-14/h5-6,8,13H,3-4,7,10-11H2,1-2H3,(H,20,23). The van der Waals surface area contributed by atoms with Crippen molar-refractivity contribution in [2.24, 2.45) is 5.92 Å². The van der Waals surface area contributed by atoms with Gasteiger partial charge in [0.2, 0.25) is 11.8 Å². The highest BCUT2D eigenvalue weighted by atomic mass is 35.5. The zero-order chi connectivity index (χ0) is 17.7. The molecule has 1 fully saturated rings. The molecule has 24 heavy (non-hydrogen) atoms. The topological polar surface area (TPSA) is 76.4 Å². The van der Waals surface area contributed by atoms with Crippen LogP contribution in [0.2, 0.25) is 5.02 Å². The molecule has 1 aromatic carbocycles. The Labute approximate surface area is 147 Å². The van der Waals surface area contributed by atoms with Gasteiger partial charge in [0.25, 0.3) is 0 Å². The van der Waals surface area contributed by atoms with E-state index >= 15 is 0 Å². The van der Waals surface area contributed by atoms with E-state index in [2.05, 4.69) is 5.32 Å². The number of benzene rings is 1. The van der Waals surface area contributed by atoms with Gasteiger partial charge in [-0.1, -0.05) is 11.6 Å². The smallest absolute Gasteiger partial charge is 0.238 e. The van der Waals surface area contributed by atoms with Crippen molar-refractivity contribution in [3.05, 3.63) is 28.8 Å². The summed E-state index contributed by atoms with van der Waals surface area (Å²) in [6.07, 6.45) is 1.76. The fraction of sp³-hybridized carbons (Fsp3) is 0.471. The van der Waals surface area contributed by atoms with Gasteiger partial charge in [-0.15, -0.1) is 0 Å². The molecular weight excluding hydrogens is 328 g/mol. The number of nitrogens with zero attached hydrogens (tertiary/aromatic N) is 3.